The van der Waals surface area contributed by atoms with E-state index in [4.69, 9.17) is 14.2 Å². The van der Waals surface area contributed by atoms with Gasteiger partial charge in [0.2, 0.25) is 0 Å². The van der Waals surface area contributed by atoms with Gasteiger partial charge in [-0.1, -0.05) is 0 Å². The van der Waals surface area contributed by atoms with Crippen LogP contribution < -0.4 is 19.5 Å². The third-order valence-corrected chi connectivity index (χ3v) is 3.75. The predicted molar refractivity (Wildman–Crippen MR) is 103 cm³/mol. The van der Waals surface area contributed by atoms with Crippen LogP contribution in [0.3, 0.4) is 0 Å². The van der Waals surface area contributed by atoms with Crippen LogP contribution in [-0.4, -0.2) is 35.1 Å². The highest BCUT2D eigenvalue weighted by Gasteiger charge is 2.11. The number of ether oxygens (including phenoxy) is 3. The lowest BCUT2D eigenvalue weighted by molar-refractivity contribution is -0.118. The summed E-state index contributed by atoms with van der Waals surface area (Å²) in [5.41, 5.74) is 2.18. The first-order chi connectivity index (χ1) is 13.1. The molecule has 0 atom stereocenters. The summed E-state index contributed by atoms with van der Waals surface area (Å²) >= 11 is 0. The van der Waals surface area contributed by atoms with E-state index < -0.39 is 0 Å². The van der Waals surface area contributed by atoms with E-state index in [1.807, 2.05) is 43.6 Å². The van der Waals surface area contributed by atoms with Gasteiger partial charge in [-0.2, -0.15) is 0 Å². The van der Waals surface area contributed by atoms with E-state index in [0.717, 1.165) is 5.69 Å². The number of pyridine rings is 1. The van der Waals surface area contributed by atoms with E-state index >= 15 is 0 Å². The highest BCUT2D eigenvalue weighted by Crippen LogP contribution is 2.30. The number of nitrogens with zero attached hydrogens (tertiary/aromatic N) is 2. The standard InChI is InChI=1S/C20H23N3O4/c1-4-25-16-9-8-15(11-18(16)26-5-2)22-19(24)13-27-17-7-6-10-23-12-14(3)21-20(17)23/h6-12H,4-5,13H2,1-3H3,(H,22,24). The van der Waals surface area contributed by atoms with Crippen molar-refractivity contribution in [1.82, 2.24) is 9.38 Å². The van der Waals surface area contributed by atoms with Gasteiger partial charge in [-0.25, -0.2) is 4.98 Å². The van der Waals surface area contributed by atoms with Crippen molar-refractivity contribution in [2.24, 2.45) is 0 Å². The molecule has 1 N–H and O–H groups in total. The van der Waals surface area contributed by atoms with Crippen LogP contribution in [0.15, 0.2) is 42.7 Å². The maximum atomic E-state index is 12.3. The van der Waals surface area contributed by atoms with Gasteiger partial charge in [0.15, 0.2) is 29.5 Å². The van der Waals surface area contributed by atoms with Crippen LogP contribution in [0.5, 0.6) is 17.2 Å². The zero-order valence-corrected chi connectivity index (χ0v) is 15.7. The SMILES string of the molecule is CCOc1ccc(NC(=O)COc2cccn3cc(C)nc23)cc1OCC. The normalized spacial score (nSPS) is 10.6. The van der Waals surface area contributed by atoms with E-state index in [-0.39, 0.29) is 12.5 Å². The molecule has 0 bridgehead atoms. The molecule has 3 rings (SSSR count). The maximum absolute atomic E-state index is 12.3. The Morgan fingerprint density at radius 1 is 1.07 bits per heavy atom. The molecule has 7 nitrogen and oxygen atoms in total. The molecule has 1 amide bonds. The van der Waals surface area contributed by atoms with Crippen LogP contribution >= 0.6 is 0 Å². The van der Waals surface area contributed by atoms with Gasteiger partial charge >= 0.3 is 0 Å². The number of aryl methyl sites for hydroxylation is 1. The molecule has 7 heteroatoms. The van der Waals surface area contributed by atoms with Crippen LogP contribution in [-0.2, 0) is 4.79 Å². The first-order valence-electron chi connectivity index (χ1n) is 8.87. The topological polar surface area (TPSA) is 74.1 Å². The van der Waals surface area contributed by atoms with Crippen molar-refractivity contribution < 1.29 is 19.0 Å². The number of anilines is 1. The van der Waals surface area contributed by atoms with Crippen molar-refractivity contribution >= 4 is 17.2 Å². The number of fused-ring (bicyclic) bond motifs is 1. The predicted octanol–water partition coefficient (Wildman–Crippen LogP) is 3.46. The number of amides is 1. The van der Waals surface area contributed by atoms with Gasteiger partial charge in [0, 0.05) is 24.1 Å². The second-order valence-electron chi connectivity index (χ2n) is 5.85. The fraction of sp³-hybridized carbons (Fsp3) is 0.300. The zero-order chi connectivity index (χ0) is 19.2. The van der Waals surface area contributed by atoms with Gasteiger partial charge in [-0.3, -0.25) is 4.79 Å². The monoisotopic (exact) mass is 369 g/mol. The lowest BCUT2D eigenvalue weighted by Gasteiger charge is -2.13. The molecule has 0 saturated heterocycles. The first-order valence-corrected chi connectivity index (χ1v) is 8.87. The average Bonchev–Trinajstić information content (AvgIpc) is 3.03. The molecule has 0 aliphatic carbocycles. The molecule has 0 fully saturated rings. The van der Waals surface area contributed by atoms with Crippen LogP contribution in [0.2, 0.25) is 0 Å². The Kier molecular flexibility index (Phi) is 5.80. The summed E-state index contributed by atoms with van der Waals surface area (Å²) in [6.45, 7) is 6.64. The summed E-state index contributed by atoms with van der Waals surface area (Å²) in [4.78, 5) is 16.7. The van der Waals surface area contributed by atoms with E-state index in [1.165, 1.54) is 0 Å². The number of nitrogens with one attached hydrogen (secondary N) is 1. The lowest BCUT2D eigenvalue weighted by Crippen LogP contribution is -2.20. The number of carbonyl (C=O) groups is 1. The average molecular weight is 369 g/mol. The fourth-order valence-electron chi connectivity index (χ4n) is 2.69. The second-order valence-corrected chi connectivity index (χ2v) is 5.85. The molecule has 27 heavy (non-hydrogen) atoms. The number of hydrogen-bond donors (Lipinski definition) is 1. The molecule has 0 spiro atoms. The molecule has 0 aliphatic rings. The number of hydrogen-bond acceptors (Lipinski definition) is 5. The van der Waals surface area contributed by atoms with E-state index in [9.17, 15) is 4.79 Å². The molecule has 1 aromatic carbocycles. The maximum Gasteiger partial charge on any atom is 0.262 e. The minimum absolute atomic E-state index is 0.122. The Morgan fingerprint density at radius 2 is 1.85 bits per heavy atom. The third-order valence-electron chi connectivity index (χ3n) is 3.75. The molecule has 2 heterocycles. The molecule has 142 valence electrons. The Hall–Kier alpha value is -3.22. The smallest absolute Gasteiger partial charge is 0.262 e. The van der Waals surface area contributed by atoms with Crippen LogP contribution in [0.25, 0.3) is 5.65 Å². The Bertz CT molecular complexity index is 936. The Morgan fingerprint density at radius 3 is 2.63 bits per heavy atom. The number of aromatic nitrogens is 2. The van der Waals surface area contributed by atoms with Gasteiger partial charge < -0.3 is 23.9 Å². The van der Waals surface area contributed by atoms with Crippen LogP contribution in [0, 0.1) is 6.92 Å². The number of rotatable bonds is 8. The molecule has 3 aromatic rings. The van der Waals surface area contributed by atoms with Gasteiger partial charge in [-0.05, 0) is 45.0 Å². The van der Waals surface area contributed by atoms with Crippen molar-refractivity contribution in [3.8, 4) is 17.2 Å². The highest BCUT2D eigenvalue weighted by atomic mass is 16.5. The Labute approximate surface area is 157 Å². The van der Waals surface area contributed by atoms with Crippen molar-refractivity contribution in [3.05, 3.63) is 48.4 Å². The summed E-state index contributed by atoms with van der Waals surface area (Å²) in [5, 5.41) is 2.81. The summed E-state index contributed by atoms with van der Waals surface area (Å²) in [6.07, 6.45) is 3.79. The summed E-state index contributed by atoms with van der Waals surface area (Å²) < 4.78 is 18.6. The minimum atomic E-state index is -0.271. The van der Waals surface area contributed by atoms with Gasteiger partial charge in [0.1, 0.15) is 0 Å². The second kappa shape index (κ2) is 8.44. The number of imidazole rings is 1. The summed E-state index contributed by atoms with van der Waals surface area (Å²) in [7, 11) is 0. The molecular formula is C20H23N3O4. The van der Waals surface area contributed by atoms with Crippen molar-refractivity contribution in [2.75, 3.05) is 25.1 Å². The summed E-state index contributed by atoms with van der Waals surface area (Å²) in [5.74, 6) is 1.53. The van der Waals surface area contributed by atoms with Crippen molar-refractivity contribution in [3.63, 3.8) is 0 Å². The van der Waals surface area contributed by atoms with E-state index in [1.54, 1.807) is 24.3 Å². The van der Waals surface area contributed by atoms with Crippen LogP contribution in [0.1, 0.15) is 19.5 Å². The van der Waals surface area contributed by atoms with Gasteiger partial charge in [0.05, 0.1) is 18.9 Å². The largest absolute Gasteiger partial charge is 0.490 e. The number of carbonyl (C=O) groups excluding carboxylic acids is 1. The highest BCUT2D eigenvalue weighted by molar-refractivity contribution is 5.92. The zero-order valence-electron chi connectivity index (χ0n) is 15.7. The molecule has 0 aliphatic heterocycles. The van der Waals surface area contributed by atoms with E-state index in [2.05, 4.69) is 10.3 Å². The van der Waals surface area contributed by atoms with Gasteiger partial charge in [-0.15, -0.1) is 0 Å². The summed E-state index contributed by atoms with van der Waals surface area (Å²) in [6, 6.07) is 8.93. The lowest BCUT2D eigenvalue weighted by atomic mass is 10.2. The van der Waals surface area contributed by atoms with Gasteiger partial charge in [0.25, 0.3) is 5.91 Å². The third kappa shape index (κ3) is 4.49. The van der Waals surface area contributed by atoms with E-state index in [0.29, 0.717) is 41.8 Å². The molecule has 0 saturated carbocycles. The van der Waals surface area contributed by atoms with Crippen molar-refractivity contribution in [2.45, 2.75) is 20.8 Å². The molecular weight excluding hydrogens is 346 g/mol. The minimum Gasteiger partial charge on any atom is -0.490 e. The Balaban J connectivity index is 1.66. The van der Waals surface area contributed by atoms with Crippen LogP contribution in [0.4, 0.5) is 5.69 Å². The molecule has 2 aromatic heterocycles. The molecule has 0 unspecified atom stereocenters. The quantitative estimate of drug-likeness (QED) is 0.658. The fourth-order valence-corrected chi connectivity index (χ4v) is 2.69. The first kappa shape index (κ1) is 18.6. The molecule has 0 radical (unpaired) electrons. The number of benzene rings is 1. The van der Waals surface area contributed by atoms with Crippen molar-refractivity contribution in [1.29, 1.82) is 0 Å².